The van der Waals surface area contributed by atoms with Crippen LogP contribution in [0, 0.1) is 12.8 Å². The van der Waals surface area contributed by atoms with Gasteiger partial charge in [-0.05, 0) is 56.7 Å². The number of para-hydroxylation sites is 1. The monoisotopic (exact) mass is 318 g/mol. The number of nitrogens with one attached hydrogen (secondary N) is 1. The summed E-state index contributed by atoms with van der Waals surface area (Å²) in [5.74, 6) is 0.675. The van der Waals surface area contributed by atoms with Crippen molar-refractivity contribution in [2.75, 3.05) is 18.4 Å². The van der Waals surface area contributed by atoms with E-state index >= 15 is 0 Å². The minimum absolute atomic E-state index is 0.0347. The first-order valence-corrected chi connectivity index (χ1v) is 8.63. The molecule has 0 aromatic heterocycles. The molecule has 3 unspecified atom stereocenters. The van der Waals surface area contributed by atoms with Gasteiger partial charge in [0.2, 0.25) is 5.91 Å². The molecule has 0 spiro atoms. The van der Waals surface area contributed by atoms with E-state index in [-0.39, 0.29) is 24.0 Å². The summed E-state index contributed by atoms with van der Waals surface area (Å²) in [7, 11) is 0. The molecule has 1 aromatic rings. The van der Waals surface area contributed by atoms with E-state index < -0.39 is 0 Å². The summed E-state index contributed by atoms with van der Waals surface area (Å²) in [4.78, 5) is 14.9. The maximum atomic E-state index is 12.7. The Morgan fingerprint density at radius 3 is 2.57 bits per heavy atom. The van der Waals surface area contributed by atoms with Gasteiger partial charge < -0.3 is 10.4 Å². The zero-order chi connectivity index (χ0) is 17.1. The number of benzene rings is 1. The molecule has 1 amide bonds. The summed E-state index contributed by atoms with van der Waals surface area (Å²) < 4.78 is 0. The van der Waals surface area contributed by atoms with E-state index in [0.717, 1.165) is 30.8 Å². The molecule has 1 aliphatic heterocycles. The molecule has 0 aliphatic carbocycles. The Bertz CT molecular complexity index is 554. The predicted octanol–water partition coefficient (Wildman–Crippen LogP) is 3.15. The van der Waals surface area contributed by atoms with Crippen molar-refractivity contribution in [3.05, 3.63) is 29.3 Å². The standard InChI is InChI=1S/C19H30N2O2/c1-12(2)17-8-6-7-13(3)18(17)20-19(23)14(4)21-10-9-16(11-21)15(5)22/h6-8,12,14-16,22H,9-11H2,1-5H3,(H,20,23). The van der Waals surface area contributed by atoms with Crippen LogP contribution in [0.1, 0.15) is 51.2 Å². The van der Waals surface area contributed by atoms with Crippen molar-refractivity contribution in [2.45, 2.75) is 59.1 Å². The van der Waals surface area contributed by atoms with E-state index in [9.17, 15) is 9.90 Å². The van der Waals surface area contributed by atoms with Gasteiger partial charge in [-0.25, -0.2) is 0 Å². The molecular formula is C19H30N2O2. The number of aliphatic hydroxyl groups is 1. The number of nitrogens with zero attached hydrogens (tertiary/aromatic N) is 1. The molecule has 3 atom stereocenters. The van der Waals surface area contributed by atoms with Gasteiger partial charge in [0.15, 0.2) is 0 Å². The van der Waals surface area contributed by atoms with E-state index in [0.29, 0.717) is 5.92 Å². The fraction of sp³-hybridized carbons (Fsp3) is 0.632. The van der Waals surface area contributed by atoms with E-state index in [1.165, 1.54) is 5.56 Å². The normalized spacial score (nSPS) is 21.4. The lowest BCUT2D eigenvalue weighted by atomic mass is 9.98. The molecule has 2 N–H and O–H groups in total. The van der Waals surface area contributed by atoms with Gasteiger partial charge in [-0.1, -0.05) is 32.0 Å². The number of likely N-dealkylation sites (tertiary alicyclic amines) is 1. The van der Waals surface area contributed by atoms with Crippen LogP contribution in [0.2, 0.25) is 0 Å². The summed E-state index contributed by atoms with van der Waals surface area (Å²) in [6, 6.07) is 5.97. The number of hydrogen-bond donors (Lipinski definition) is 2. The molecule has 23 heavy (non-hydrogen) atoms. The lowest BCUT2D eigenvalue weighted by molar-refractivity contribution is -0.120. The first-order chi connectivity index (χ1) is 10.8. The van der Waals surface area contributed by atoms with Gasteiger partial charge in [-0.15, -0.1) is 0 Å². The van der Waals surface area contributed by atoms with Crippen LogP contribution in [0.3, 0.4) is 0 Å². The van der Waals surface area contributed by atoms with Crippen LogP contribution in [-0.4, -0.2) is 41.1 Å². The van der Waals surface area contributed by atoms with Crippen LogP contribution in [0.5, 0.6) is 0 Å². The third-order valence-corrected chi connectivity index (χ3v) is 5.04. The Morgan fingerprint density at radius 2 is 2.00 bits per heavy atom. The highest BCUT2D eigenvalue weighted by Gasteiger charge is 2.32. The van der Waals surface area contributed by atoms with Gasteiger partial charge >= 0.3 is 0 Å². The van der Waals surface area contributed by atoms with Crippen molar-refractivity contribution >= 4 is 11.6 Å². The molecule has 0 saturated carbocycles. The van der Waals surface area contributed by atoms with Crippen molar-refractivity contribution in [1.82, 2.24) is 4.90 Å². The number of carbonyl (C=O) groups is 1. The van der Waals surface area contributed by atoms with E-state index in [4.69, 9.17) is 0 Å². The predicted molar refractivity (Wildman–Crippen MR) is 94.7 cm³/mol. The largest absolute Gasteiger partial charge is 0.393 e. The Kier molecular flexibility index (Phi) is 5.82. The van der Waals surface area contributed by atoms with Crippen molar-refractivity contribution in [2.24, 2.45) is 5.92 Å². The number of rotatable bonds is 5. The Morgan fingerprint density at radius 1 is 1.30 bits per heavy atom. The molecule has 128 valence electrons. The maximum absolute atomic E-state index is 12.7. The average Bonchev–Trinajstić information content (AvgIpc) is 2.98. The summed E-state index contributed by atoms with van der Waals surface area (Å²) in [6.45, 7) is 11.8. The minimum Gasteiger partial charge on any atom is -0.393 e. The van der Waals surface area contributed by atoms with Crippen LogP contribution in [0.15, 0.2) is 18.2 Å². The topological polar surface area (TPSA) is 52.6 Å². The quantitative estimate of drug-likeness (QED) is 0.877. The van der Waals surface area contributed by atoms with Crippen LogP contribution >= 0.6 is 0 Å². The van der Waals surface area contributed by atoms with Crippen molar-refractivity contribution in [3.8, 4) is 0 Å². The highest BCUT2D eigenvalue weighted by molar-refractivity contribution is 5.96. The summed E-state index contributed by atoms with van der Waals surface area (Å²) in [5, 5.41) is 12.9. The lowest BCUT2D eigenvalue weighted by Crippen LogP contribution is -2.41. The van der Waals surface area contributed by atoms with E-state index in [2.05, 4.69) is 30.1 Å². The fourth-order valence-electron chi connectivity index (χ4n) is 3.30. The highest BCUT2D eigenvalue weighted by Crippen LogP contribution is 2.28. The van der Waals surface area contributed by atoms with Crippen molar-refractivity contribution in [1.29, 1.82) is 0 Å². The molecule has 1 aromatic carbocycles. The minimum atomic E-state index is -0.306. The van der Waals surface area contributed by atoms with Gasteiger partial charge in [-0.3, -0.25) is 9.69 Å². The van der Waals surface area contributed by atoms with Crippen LogP contribution in [-0.2, 0) is 4.79 Å². The third-order valence-electron chi connectivity index (χ3n) is 5.04. The third kappa shape index (κ3) is 4.12. The molecule has 2 rings (SSSR count). The zero-order valence-electron chi connectivity index (χ0n) is 15.0. The molecule has 4 nitrogen and oxygen atoms in total. The van der Waals surface area contributed by atoms with Crippen LogP contribution in [0.25, 0.3) is 0 Å². The molecule has 1 saturated heterocycles. The SMILES string of the molecule is Cc1cccc(C(C)C)c1NC(=O)C(C)N1CCC(C(C)O)C1. The van der Waals surface area contributed by atoms with Gasteiger partial charge in [0.05, 0.1) is 12.1 Å². The number of hydrogen-bond acceptors (Lipinski definition) is 3. The number of aryl methyl sites for hydroxylation is 1. The van der Waals surface area contributed by atoms with Crippen LogP contribution in [0.4, 0.5) is 5.69 Å². The summed E-state index contributed by atoms with van der Waals surface area (Å²) >= 11 is 0. The fourth-order valence-corrected chi connectivity index (χ4v) is 3.30. The summed E-state index contributed by atoms with van der Waals surface area (Å²) in [6.07, 6.45) is 0.649. The lowest BCUT2D eigenvalue weighted by Gasteiger charge is -2.25. The Balaban J connectivity index is 2.08. The smallest absolute Gasteiger partial charge is 0.241 e. The van der Waals surface area contributed by atoms with Gasteiger partial charge in [-0.2, -0.15) is 0 Å². The number of carbonyl (C=O) groups excluding carboxylic acids is 1. The zero-order valence-corrected chi connectivity index (χ0v) is 15.0. The second kappa shape index (κ2) is 7.45. The molecule has 1 aliphatic rings. The van der Waals surface area contributed by atoms with Crippen molar-refractivity contribution < 1.29 is 9.90 Å². The average molecular weight is 318 g/mol. The van der Waals surface area contributed by atoms with Gasteiger partial charge in [0.1, 0.15) is 0 Å². The van der Waals surface area contributed by atoms with Gasteiger partial charge in [0, 0.05) is 12.2 Å². The molecular weight excluding hydrogens is 288 g/mol. The van der Waals surface area contributed by atoms with E-state index in [1.54, 1.807) is 0 Å². The first kappa shape index (κ1) is 18.0. The summed E-state index contributed by atoms with van der Waals surface area (Å²) in [5.41, 5.74) is 3.22. The molecule has 0 radical (unpaired) electrons. The Labute approximate surface area is 139 Å². The van der Waals surface area contributed by atoms with Crippen molar-refractivity contribution in [3.63, 3.8) is 0 Å². The van der Waals surface area contributed by atoms with E-state index in [1.807, 2.05) is 32.9 Å². The Hall–Kier alpha value is -1.39. The second-order valence-corrected chi connectivity index (χ2v) is 7.14. The maximum Gasteiger partial charge on any atom is 0.241 e. The van der Waals surface area contributed by atoms with Gasteiger partial charge in [0.25, 0.3) is 0 Å². The van der Waals surface area contributed by atoms with Crippen LogP contribution < -0.4 is 5.32 Å². The number of aliphatic hydroxyl groups excluding tert-OH is 1. The first-order valence-electron chi connectivity index (χ1n) is 8.63. The number of anilines is 1. The molecule has 1 heterocycles. The number of amides is 1. The molecule has 0 bridgehead atoms. The molecule has 1 fully saturated rings. The second-order valence-electron chi connectivity index (χ2n) is 7.14. The molecule has 4 heteroatoms. The highest BCUT2D eigenvalue weighted by atomic mass is 16.3.